The Morgan fingerprint density at radius 3 is 2.53 bits per heavy atom. The van der Waals surface area contributed by atoms with Crippen LogP contribution in [0.2, 0.25) is 0 Å². The van der Waals surface area contributed by atoms with Crippen molar-refractivity contribution in [2.24, 2.45) is 10.2 Å². The zero-order chi connectivity index (χ0) is 13.7. The summed E-state index contributed by atoms with van der Waals surface area (Å²) in [6, 6.07) is 13.2. The van der Waals surface area contributed by atoms with Crippen molar-refractivity contribution in [1.82, 2.24) is 0 Å². The molecule has 0 radical (unpaired) electrons. The highest BCUT2D eigenvalue weighted by Gasteiger charge is 2.03. The minimum Gasteiger partial charge on any atom is -0.491 e. The van der Waals surface area contributed by atoms with Crippen LogP contribution in [0.1, 0.15) is 12.5 Å². The molecule has 2 rings (SSSR count). The van der Waals surface area contributed by atoms with E-state index in [1.807, 2.05) is 44.2 Å². The standard InChI is InChI=1S/C15H17N3O/c1-3-19-15-10-12(16)8-9-14(15)18-17-13-7-5-4-6-11(13)2/h4-10H,3,16H2,1-2H3/b18-17+. The summed E-state index contributed by atoms with van der Waals surface area (Å²) in [5, 5.41) is 8.49. The lowest BCUT2D eigenvalue weighted by atomic mass is 10.2. The molecule has 19 heavy (non-hydrogen) atoms. The van der Waals surface area contributed by atoms with Crippen LogP contribution in [0.25, 0.3) is 0 Å². The lowest BCUT2D eigenvalue weighted by molar-refractivity contribution is 0.341. The van der Waals surface area contributed by atoms with Gasteiger partial charge in [0, 0.05) is 11.8 Å². The van der Waals surface area contributed by atoms with Crippen LogP contribution in [0.3, 0.4) is 0 Å². The molecule has 0 aromatic heterocycles. The van der Waals surface area contributed by atoms with Gasteiger partial charge in [0.05, 0.1) is 12.3 Å². The molecule has 0 saturated carbocycles. The number of nitrogen functional groups attached to an aromatic ring is 1. The predicted molar refractivity (Wildman–Crippen MR) is 77.4 cm³/mol. The third-order valence-corrected chi connectivity index (χ3v) is 2.66. The molecular weight excluding hydrogens is 238 g/mol. The van der Waals surface area contributed by atoms with Crippen molar-refractivity contribution in [3.8, 4) is 5.75 Å². The van der Waals surface area contributed by atoms with Crippen LogP contribution in [0.15, 0.2) is 52.7 Å². The first-order valence-electron chi connectivity index (χ1n) is 6.20. The average molecular weight is 255 g/mol. The molecule has 98 valence electrons. The second kappa shape index (κ2) is 6.00. The maximum absolute atomic E-state index is 5.74. The van der Waals surface area contributed by atoms with E-state index in [2.05, 4.69) is 10.2 Å². The number of nitrogens with two attached hydrogens (primary N) is 1. The summed E-state index contributed by atoms with van der Waals surface area (Å²) in [4.78, 5) is 0. The zero-order valence-corrected chi connectivity index (χ0v) is 11.1. The average Bonchev–Trinajstić information content (AvgIpc) is 2.40. The largest absolute Gasteiger partial charge is 0.491 e. The smallest absolute Gasteiger partial charge is 0.148 e. The van der Waals surface area contributed by atoms with E-state index in [1.165, 1.54) is 0 Å². The molecule has 2 aromatic rings. The van der Waals surface area contributed by atoms with Gasteiger partial charge in [-0.1, -0.05) is 18.2 Å². The fraction of sp³-hybridized carbons (Fsp3) is 0.200. The Kier molecular flexibility index (Phi) is 4.13. The van der Waals surface area contributed by atoms with E-state index in [9.17, 15) is 0 Å². The minimum atomic E-state index is 0.566. The molecule has 0 spiro atoms. The summed E-state index contributed by atoms with van der Waals surface area (Å²) in [7, 11) is 0. The van der Waals surface area contributed by atoms with Gasteiger partial charge in [0.25, 0.3) is 0 Å². The van der Waals surface area contributed by atoms with Gasteiger partial charge in [-0.15, -0.1) is 5.11 Å². The van der Waals surface area contributed by atoms with Gasteiger partial charge in [-0.05, 0) is 37.6 Å². The van der Waals surface area contributed by atoms with Crippen LogP contribution >= 0.6 is 0 Å². The zero-order valence-electron chi connectivity index (χ0n) is 11.1. The molecule has 0 aliphatic rings. The summed E-state index contributed by atoms with van der Waals surface area (Å²) in [6.07, 6.45) is 0. The monoisotopic (exact) mass is 255 g/mol. The van der Waals surface area contributed by atoms with Crippen molar-refractivity contribution in [2.45, 2.75) is 13.8 Å². The molecule has 0 heterocycles. The number of azo groups is 1. The number of hydrogen-bond acceptors (Lipinski definition) is 4. The predicted octanol–water partition coefficient (Wildman–Crippen LogP) is 4.39. The van der Waals surface area contributed by atoms with Gasteiger partial charge in [-0.25, -0.2) is 0 Å². The minimum absolute atomic E-state index is 0.566. The van der Waals surface area contributed by atoms with Crippen molar-refractivity contribution in [3.05, 3.63) is 48.0 Å². The van der Waals surface area contributed by atoms with Crippen LogP contribution in [0.4, 0.5) is 17.1 Å². The molecule has 0 fully saturated rings. The van der Waals surface area contributed by atoms with E-state index in [1.54, 1.807) is 12.1 Å². The van der Waals surface area contributed by atoms with Gasteiger partial charge in [-0.3, -0.25) is 0 Å². The number of aryl methyl sites for hydroxylation is 1. The topological polar surface area (TPSA) is 60.0 Å². The highest BCUT2D eigenvalue weighted by Crippen LogP contribution is 2.31. The highest BCUT2D eigenvalue weighted by atomic mass is 16.5. The Morgan fingerprint density at radius 2 is 1.79 bits per heavy atom. The molecule has 0 aliphatic heterocycles. The first kappa shape index (κ1) is 13.1. The van der Waals surface area contributed by atoms with Gasteiger partial charge < -0.3 is 10.5 Å². The number of rotatable bonds is 4. The first-order chi connectivity index (χ1) is 9.20. The maximum atomic E-state index is 5.74. The second-order valence-corrected chi connectivity index (χ2v) is 4.15. The fourth-order valence-electron chi connectivity index (χ4n) is 1.67. The molecule has 0 amide bonds. The Labute approximate surface area is 112 Å². The third kappa shape index (κ3) is 3.31. The molecule has 0 aliphatic carbocycles. The van der Waals surface area contributed by atoms with Crippen molar-refractivity contribution in [1.29, 1.82) is 0 Å². The van der Waals surface area contributed by atoms with Gasteiger partial charge in [0.2, 0.25) is 0 Å². The number of ether oxygens (including phenoxy) is 1. The van der Waals surface area contributed by atoms with Crippen LogP contribution in [-0.4, -0.2) is 6.61 Å². The normalized spacial score (nSPS) is 10.8. The highest BCUT2D eigenvalue weighted by molar-refractivity contribution is 5.59. The first-order valence-corrected chi connectivity index (χ1v) is 6.20. The van der Waals surface area contributed by atoms with E-state index >= 15 is 0 Å². The quantitative estimate of drug-likeness (QED) is 0.650. The molecule has 0 unspecified atom stereocenters. The summed E-state index contributed by atoms with van der Waals surface area (Å²) in [6.45, 7) is 4.49. The van der Waals surface area contributed by atoms with E-state index in [4.69, 9.17) is 10.5 Å². The Hall–Kier alpha value is -2.36. The van der Waals surface area contributed by atoms with Gasteiger partial charge in [0.15, 0.2) is 0 Å². The SMILES string of the molecule is CCOc1cc(N)ccc1/N=N/c1ccccc1C. The molecule has 0 atom stereocenters. The van der Waals surface area contributed by atoms with Gasteiger partial charge in [0.1, 0.15) is 11.4 Å². The summed E-state index contributed by atoms with van der Waals surface area (Å²) < 4.78 is 5.50. The molecular formula is C15H17N3O. The molecule has 2 N–H and O–H groups in total. The maximum Gasteiger partial charge on any atom is 0.148 e. The van der Waals surface area contributed by atoms with E-state index in [-0.39, 0.29) is 0 Å². The fourth-order valence-corrected chi connectivity index (χ4v) is 1.67. The van der Waals surface area contributed by atoms with Crippen molar-refractivity contribution < 1.29 is 4.74 Å². The van der Waals surface area contributed by atoms with E-state index in [0.29, 0.717) is 23.7 Å². The van der Waals surface area contributed by atoms with Crippen LogP contribution in [0, 0.1) is 6.92 Å². The lowest BCUT2D eigenvalue weighted by Gasteiger charge is -2.06. The van der Waals surface area contributed by atoms with Crippen molar-refractivity contribution in [2.75, 3.05) is 12.3 Å². The van der Waals surface area contributed by atoms with Gasteiger partial charge in [-0.2, -0.15) is 5.11 Å². The third-order valence-electron chi connectivity index (χ3n) is 2.66. The van der Waals surface area contributed by atoms with Crippen LogP contribution < -0.4 is 10.5 Å². The lowest BCUT2D eigenvalue weighted by Crippen LogP contribution is -1.93. The van der Waals surface area contributed by atoms with Crippen molar-refractivity contribution >= 4 is 17.1 Å². The van der Waals surface area contributed by atoms with Crippen LogP contribution in [0.5, 0.6) is 5.75 Å². The Balaban J connectivity index is 2.30. The molecule has 0 bridgehead atoms. The Bertz CT molecular complexity index is 594. The van der Waals surface area contributed by atoms with E-state index in [0.717, 1.165) is 11.3 Å². The summed E-state index contributed by atoms with van der Waals surface area (Å²) >= 11 is 0. The van der Waals surface area contributed by atoms with E-state index < -0.39 is 0 Å². The summed E-state index contributed by atoms with van der Waals surface area (Å²) in [5.41, 5.74) is 9.00. The molecule has 4 nitrogen and oxygen atoms in total. The Morgan fingerprint density at radius 1 is 1.05 bits per heavy atom. The molecule has 4 heteroatoms. The van der Waals surface area contributed by atoms with Crippen LogP contribution in [-0.2, 0) is 0 Å². The number of hydrogen-bond donors (Lipinski definition) is 1. The molecule has 2 aromatic carbocycles. The number of nitrogens with zero attached hydrogens (tertiary/aromatic N) is 2. The number of anilines is 1. The molecule has 0 saturated heterocycles. The summed E-state index contributed by atoms with van der Waals surface area (Å²) in [5.74, 6) is 0.653. The van der Waals surface area contributed by atoms with Gasteiger partial charge >= 0.3 is 0 Å². The number of benzene rings is 2. The second-order valence-electron chi connectivity index (χ2n) is 4.15. The van der Waals surface area contributed by atoms with Crippen molar-refractivity contribution in [3.63, 3.8) is 0 Å².